The van der Waals surface area contributed by atoms with E-state index in [1.165, 1.54) is 22.3 Å². The van der Waals surface area contributed by atoms with E-state index in [1.54, 1.807) is 0 Å². The molecular formula is C20H22N2O2. The van der Waals surface area contributed by atoms with E-state index < -0.39 is 0 Å². The van der Waals surface area contributed by atoms with Crippen molar-refractivity contribution >= 4 is 6.09 Å². The van der Waals surface area contributed by atoms with Crippen LogP contribution in [-0.4, -0.2) is 43.8 Å². The van der Waals surface area contributed by atoms with Crippen molar-refractivity contribution in [1.29, 1.82) is 0 Å². The predicted octanol–water partition coefficient (Wildman–Crippen LogP) is 3.23. The second kappa shape index (κ2) is 6.65. The molecule has 124 valence electrons. The summed E-state index contributed by atoms with van der Waals surface area (Å²) in [5, 5.41) is 3.31. The summed E-state index contributed by atoms with van der Waals surface area (Å²) in [7, 11) is 0. The second-order valence-electron chi connectivity index (χ2n) is 6.39. The maximum atomic E-state index is 12.4. The van der Waals surface area contributed by atoms with Crippen LogP contribution in [0.2, 0.25) is 0 Å². The molecule has 0 radical (unpaired) electrons. The van der Waals surface area contributed by atoms with Crippen LogP contribution in [0, 0.1) is 0 Å². The van der Waals surface area contributed by atoms with Gasteiger partial charge in [-0.1, -0.05) is 48.5 Å². The Morgan fingerprint density at radius 2 is 1.67 bits per heavy atom. The van der Waals surface area contributed by atoms with Crippen molar-refractivity contribution in [2.45, 2.75) is 12.3 Å². The Hall–Kier alpha value is -2.33. The van der Waals surface area contributed by atoms with Crippen molar-refractivity contribution in [2.24, 2.45) is 0 Å². The van der Waals surface area contributed by atoms with Gasteiger partial charge in [0.25, 0.3) is 0 Å². The summed E-state index contributed by atoms with van der Waals surface area (Å²) >= 11 is 0. The Morgan fingerprint density at radius 1 is 1.00 bits per heavy atom. The molecule has 0 unspecified atom stereocenters. The number of benzene rings is 2. The lowest BCUT2D eigenvalue weighted by molar-refractivity contribution is 0.102. The fourth-order valence-electron chi connectivity index (χ4n) is 3.71. The van der Waals surface area contributed by atoms with Gasteiger partial charge in [0.05, 0.1) is 0 Å². The van der Waals surface area contributed by atoms with E-state index in [1.807, 2.05) is 4.90 Å². The van der Waals surface area contributed by atoms with Crippen molar-refractivity contribution in [3.8, 4) is 11.1 Å². The molecule has 1 N–H and O–H groups in total. The van der Waals surface area contributed by atoms with Gasteiger partial charge in [-0.2, -0.15) is 0 Å². The highest BCUT2D eigenvalue weighted by atomic mass is 16.6. The molecule has 2 aliphatic rings. The van der Waals surface area contributed by atoms with E-state index >= 15 is 0 Å². The number of hydrogen-bond donors (Lipinski definition) is 1. The topological polar surface area (TPSA) is 41.6 Å². The lowest BCUT2D eigenvalue weighted by atomic mass is 9.98. The number of amides is 1. The molecule has 1 amide bonds. The molecule has 1 aliphatic carbocycles. The van der Waals surface area contributed by atoms with Gasteiger partial charge < -0.3 is 15.0 Å². The first-order valence-corrected chi connectivity index (χ1v) is 8.65. The maximum Gasteiger partial charge on any atom is 0.409 e. The van der Waals surface area contributed by atoms with Gasteiger partial charge in [0.2, 0.25) is 0 Å². The normalized spacial score (nSPS) is 17.1. The zero-order valence-electron chi connectivity index (χ0n) is 13.7. The minimum atomic E-state index is -0.194. The minimum absolute atomic E-state index is 0.131. The van der Waals surface area contributed by atoms with E-state index in [0.717, 1.165) is 32.6 Å². The predicted molar refractivity (Wildman–Crippen MR) is 94.1 cm³/mol. The highest BCUT2D eigenvalue weighted by Gasteiger charge is 2.29. The Morgan fingerprint density at radius 3 is 2.38 bits per heavy atom. The molecular weight excluding hydrogens is 300 g/mol. The molecule has 1 heterocycles. The van der Waals surface area contributed by atoms with Crippen LogP contribution in [0.25, 0.3) is 11.1 Å². The van der Waals surface area contributed by atoms with Gasteiger partial charge in [0.15, 0.2) is 0 Å². The zero-order valence-corrected chi connectivity index (χ0v) is 13.7. The first-order chi connectivity index (χ1) is 11.8. The Labute approximate surface area is 142 Å². The first-order valence-electron chi connectivity index (χ1n) is 8.65. The van der Waals surface area contributed by atoms with E-state index in [2.05, 4.69) is 53.8 Å². The number of carbonyl (C=O) groups excluding carboxylic acids is 1. The molecule has 4 rings (SSSR count). The molecule has 1 aliphatic heterocycles. The van der Waals surface area contributed by atoms with Gasteiger partial charge in [-0.05, 0) is 35.2 Å². The summed E-state index contributed by atoms with van der Waals surface area (Å²) in [6.07, 6.45) is 0.782. The second-order valence-corrected chi connectivity index (χ2v) is 6.39. The summed E-state index contributed by atoms with van der Waals surface area (Å²) in [5.41, 5.74) is 5.02. The average molecular weight is 322 g/mol. The van der Waals surface area contributed by atoms with Crippen LogP contribution in [0.5, 0.6) is 0 Å². The van der Waals surface area contributed by atoms with Gasteiger partial charge in [-0.15, -0.1) is 0 Å². The maximum absolute atomic E-state index is 12.4. The van der Waals surface area contributed by atoms with Crippen LogP contribution in [0.3, 0.4) is 0 Å². The lowest BCUT2D eigenvalue weighted by Crippen LogP contribution is -2.35. The third kappa shape index (κ3) is 2.78. The molecule has 0 aromatic heterocycles. The van der Waals surface area contributed by atoms with E-state index in [9.17, 15) is 4.79 Å². The molecule has 1 saturated heterocycles. The number of carbonyl (C=O) groups is 1. The SMILES string of the molecule is O=C(OCC1c2ccccc2-c2ccccc21)N1CCCNCC1. The monoisotopic (exact) mass is 322 g/mol. The number of ether oxygens (including phenoxy) is 1. The molecule has 0 saturated carbocycles. The Balaban J connectivity index is 1.51. The fraction of sp³-hybridized carbons (Fsp3) is 0.350. The van der Waals surface area contributed by atoms with E-state index in [-0.39, 0.29) is 12.0 Å². The standard InChI is InChI=1S/C20H22N2O2/c23-20(22-12-5-10-21-11-13-22)24-14-19-17-8-3-1-6-15(17)16-7-2-4-9-18(16)19/h1-4,6-9,19,21H,5,10-14H2. The van der Waals surface area contributed by atoms with Crippen LogP contribution in [0.1, 0.15) is 23.5 Å². The number of nitrogens with one attached hydrogen (secondary N) is 1. The summed E-state index contributed by atoms with van der Waals surface area (Å²) < 4.78 is 5.69. The van der Waals surface area contributed by atoms with E-state index in [4.69, 9.17) is 4.74 Å². The highest BCUT2D eigenvalue weighted by molar-refractivity contribution is 5.79. The van der Waals surface area contributed by atoms with Crippen molar-refractivity contribution in [1.82, 2.24) is 10.2 Å². The Kier molecular flexibility index (Phi) is 4.22. The van der Waals surface area contributed by atoms with Crippen LogP contribution < -0.4 is 5.32 Å². The zero-order chi connectivity index (χ0) is 16.4. The minimum Gasteiger partial charge on any atom is -0.448 e. The Bertz CT molecular complexity index is 690. The molecule has 2 aromatic carbocycles. The van der Waals surface area contributed by atoms with Crippen LogP contribution >= 0.6 is 0 Å². The summed E-state index contributed by atoms with van der Waals surface area (Å²) in [6.45, 7) is 3.69. The number of hydrogen-bond acceptors (Lipinski definition) is 3. The molecule has 4 nitrogen and oxygen atoms in total. The quantitative estimate of drug-likeness (QED) is 0.923. The number of fused-ring (bicyclic) bond motifs is 3. The van der Waals surface area contributed by atoms with Crippen LogP contribution in [-0.2, 0) is 4.74 Å². The molecule has 2 aromatic rings. The van der Waals surface area contributed by atoms with Gasteiger partial charge >= 0.3 is 6.09 Å². The number of rotatable bonds is 2. The smallest absolute Gasteiger partial charge is 0.409 e. The third-order valence-electron chi connectivity index (χ3n) is 4.93. The highest BCUT2D eigenvalue weighted by Crippen LogP contribution is 2.44. The van der Waals surface area contributed by atoms with Gasteiger partial charge in [-0.25, -0.2) is 4.79 Å². The van der Waals surface area contributed by atoms with Crippen LogP contribution in [0.4, 0.5) is 4.79 Å². The summed E-state index contributed by atoms with van der Waals surface area (Å²) in [5.74, 6) is 0.131. The first kappa shape index (κ1) is 15.2. The third-order valence-corrected chi connectivity index (χ3v) is 4.93. The average Bonchev–Trinajstić information content (AvgIpc) is 2.78. The number of nitrogens with zero attached hydrogens (tertiary/aromatic N) is 1. The van der Waals surface area contributed by atoms with Crippen molar-refractivity contribution < 1.29 is 9.53 Å². The molecule has 1 fully saturated rings. The van der Waals surface area contributed by atoms with E-state index in [0.29, 0.717) is 6.61 Å². The van der Waals surface area contributed by atoms with Crippen molar-refractivity contribution in [3.63, 3.8) is 0 Å². The van der Waals surface area contributed by atoms with Gasteiger partial charge in [-0.3, -0.25) is 0 Å². The van der Waals surface area contributed by atoms with Crippen LogP contribution in [0.15, 0.2) is 48.5 Å². The largest absolute Gasteiger partial charge is 0.448 e. The van der Waals surface area contributed by atoms with Crippen molar-refractivity contribution in [3.05, 3.63) is 59.7 Å². The van der Waals surface area contributed by atoms with Gasteiger partial charge in [0.1, 0.15) is 6.61 Å². The van der Waals surface area contributed by atoms with Crippen molar-refractivity contribution in [2.75, 3.05) is 32.8 Å². The lowest BCUT2D eigenvalue weighted by Gasteiger charge is -2.21. The molecule has 24 heavy (non-hydrogen) atoms. The molecule has 0 atom stereocenters. The fourth-order valence-corrected chi connectivity index (χ4v) is 3.71. The molecule has 0 spiro atoms. The summed E-state index contributed by atoms with van der Waals surface area (Å²) in [4.78, 5) is 14.2. The molecule has 4 heteroatoms. The summed E-state index contributed by atoms with van der Waals surface area (Å²) in [6, 6.07) is 16.8. The molecule has 0 bridgehead atoms. The van der Waals surface area contributed by atoms with Gasteiger partial charge in [0, 0.05) is 25.6 Å².